The monoisotopic (exact) mass is 367 g/mol. The van der Waals surface area contributed by atoms with Crippen molar-refractivity contribution in [1.82, 2.24) is 9.55 Å². The van der Waals surface area contributed by atoms with Gasteiger partial charge in [-0.1, -0.05) is 54.4 Å². The molecule has 112 valence electrons. The fourth-order valence-corrected chi connectivity index (χ4v) is 2.80. The highest BCUT2D eigenvalue weighted by atomic mass is 79.9. The van der Waals surface area contributed by atoms with E-state index in [-0.39, 0.29) is 5.41 Å². The van der Waals surface area contributed by atoms with Crippen molar-refractivity contribution >= 4 is 33.3 Å². The average Bonchev–Trinajstić information content (AvgIpc) is 2.71. The summed E-state index contributed by atoms with van der Waals surface area (Å²) >= 11 is 9.77. The van der Waals surface area contributed by atoms with Crippen molar-refractivity contribution in [3.63, 3.8) is 0 Å². The van der Waals surface area contributed by atoms with Gasteiger partial charge in [0, 0.05) is 22.0 Å². The summed E-state index contributed by atoms with van der Waals surface area (Å²) in [5, 5.41) is 0.633. The van der Waals surface area contributed by atoms with Crippen molar-refractivity contribution in [3.8, 4) is 11.3 Å². The van der Waals surface area contributed by atoms with Crippen LogP contribution in [0.4, 0.5) is 5.82 Å². The minimum Gasteiger partial charge on any atom is -0.383 e. The van der Waals surface area contributed by atoms with Crippen LogP contribution in [0.3, 0.4) is 0 Å². The molecule has 0 bridgehead atoms. The Labute approximate surface area is 139 Å². The molecule has 0 spiro atoms. The Morgan fingerprint density at radius 2 is 2.10 bits per heavy atom. The molecule has 0 unspecified atom stereocenters. The maximum Gasteiger partial charge on any atom is 0.132 e. The smallest absolute Gasteiger partial charge is 0.132 e. The molecule has 0 radical (unpaired) electrons. The zero-order valence-corrected chi connectivity index (χ0v) is 14.8. The Balaban J connectivity index is 2.70. The number of benzene rings is 1. The Morgan fingerprint density at radius 1 is 1.43 bits per heavy atom. The van der Waals surface area contributed by atoms with Gasteiger partial charge in [-0.2, -0.15) is 0 Å². The van der Waals surface area contributed by atoms with Crippen LogP contribution in [-0.2, 0) is 12.0 Å². The maximum atomic E-state index is 6.32. The average molecular weight is 369 g/mol. The molecular weight excluding hydrogens is 350 g/mol. The van der Waals surface area contributed by atoms with Crippen LogP contribution in [0.15, 0.2) is 35.3 Å². The first kappa shape index (κ1) is 16.1. The van der Waals surface area contributed by atoms with Crippen LogP contribution in [0.1, 0.15) is 26.6 Å². The van der Waals surface area contributed by atoms with E-state index < -0.39 is 0 Å². The van der Waals surface area contributed by atoms with E-state index in [2.05, 4.69) is 43.3 Å². The molecule has 1 aromatic heterocycles. The lowest BCUT2D eigenvalue weighted by molar-refractivity contribution is 0.515. The predicted molar refractivity (Wildman–Crippen MR) is 93.7 cm³/mol. The molecule has 0 aliphatic carbocycles. The Kier molecular flexibility index (Phi) is 4.49. The highest BCUT2D eigenvalue weighted by Crippen LogP contribution is 2.36. The molecule has 0 aliphatic heterocycles. The van der Waals surface area contributed by atoms with E-state index in [4.69, 9.17) is 22.3 Å². The number of hydrogen-bond acceptors (Lipinski definition) is 2. The van der Waals surface area contributed by atoms with Crippen LogP contribution in [-0.4, -0.2) is 9.55 Å². The second kappa shape index (κ2) is 5.85. The fraction of sp³-hybridized carbons (Fsp3) is 0.312. The second-order valence-corrected chi connectivity index (χ2v) is 7.27. The first-order valence-corrected chi connectivity index (χ1v) is 7.85. The van der Waals surface area contributed by atoms with E-state index in [1.54, 1.807) is 0 Å². The normalized spacial score (nSPS) is 11.7. The third-order valence-corrected chi connectivity index (χ3v) is 4.00. The SMILES string of the molecule is C=CCn1c(C(C)(C)C)nc(-c2cc(Br)ccc2Cl)c1N. The van der Waals surface area contributed by atoms with Gasteiger partial charge in [0.05, 0.1) is 5.02 Å². The molecular formula is C16H19BrClN3. The Hall–Kier alpha value is -1.26. The molecule has 21 heavy (non-hydrogen) atoms. The van der Waals surface area contributed by atoms with Crippen molar-refractivity contribution in [1.29, 1.82) is 0 Å². The molecule has 0 amide bonds. The molecule has 2 N–H and O–H groups in total. The number of allylic oxidation sites excluding steroid dienone is 1. The van der Waals surface area contributed by atoms with Gasteiger partial charge < -0.3 is 10.3 Å². The largest absolute Gasteiger partial charge is 0.383 e. The number of imidazole rings is 1. The zero-order chi connectivity index (χ0) is 15.8. The highest BCUT2D eigenvalue weighted by Gasteiger charge is 2.25. The first-order valence-electron chi connectivity index (χ1n) is 6.68. The van der Waals surface area contributed by atoms with E-state index in [0.29, 0.717) is 23.1 Å². The van der Waals surface area contributed by atoms with E-state index >= 15 is 0 Å². The van der Waals surface area contributed by atoms with Gasteiger partial charge in [0.2, 0.25) is 0 Å². The van der Waals surface area contributed by atoms with Crippen molar-refractivity contribution in [2.24, 2.45) is 0 Å². The molecule has 0 atom stereocenters. The zero-order valence-electron chi connectivity index (χ0n) is 12.5. The van der Waals surface area contributed by atoms with Crippen LogP contribution >= 0.6 is 27.5 Å². The highest BCUT2D eigenvalue weighted by molar-refractivity contribution is 9.10. The summed E-state index contributed by atoms with van der Waals surface area (Å²) in [4.78, 5) is 4.76. The quantitative estimate of drug-likeness (QED) is 0.772. The molecule has 2 aromatic rings. The number of aromatic nitrogens is 2. The minimum atomic E-state index is -0.117. The van der Waals surface area contributed by atoms with Gasteiger partial charge in [-0.15, -0.1) is 6.58 Å². The van der Waals surface area contributed by atoms with Crippen LogP contribution < -0.4 is 5.73 Å². The van der Waals surface area contributed by atoms with Gasteiger partial charge in [-0.25, -0.2) is 4.98 Å². The van der Waals surface area contributed by atoms with Crippen LogP contribution in [0, 0.1) is 0 Å². The predicted octanol–water partition coefficient (Wildman–Crippen LogP) is 5.03. The van der Waals surface area contributed by atoms with Crippen LogP contribution in [0.2, 0.25) is 5.02 Å². The van der Waals surface area contributed by atoms with Gasteiger partial charge >= 0.3 is 0 Å². The van der Waals surface area contributed by atoms with Gasteiger partial charge in [0.25, 0.3) is 0 Å². The van der Waals surface area contributed by atoms with Gasteiger partial charge in [0.1, 0.15) is 17.3 Å². The van der Waals surface area contributed by atoms with Crippen molar-refractivity contribution < 1.29 is 0 Å². The molecule has 5 heteroatoms. The third kappa shape index (κ3) is 3.16. The van der Waals surface area contributed by atoms with Gasteiger partial charge in [-0.05, 0) is 18.2 Å². The summed E-state index contributed by atoms with van der Waals surface area (Å²) in [7, 11) is 0. The summed E-state index contributed by atoms with van der Waals surface area (Å²) in [6, 6.07) is 5.67. The van der Waals surface area contributed by atoms with E-state index in [9.17, 15) is 0 Å². The summed E-state index contributed by atoms with van der Waals surface area (Å²) in [6.45, 7) is 10.8. The van der Waals surface area contributed by atoms with Crippen LogP contribution in [0.25, 0.3) is 11.3 Å². The third-order valence-electron chi connectivity index (χ3n) is 3.17. The molecule has 3 nitrogen and oxygen atoms in total. The van der Waals surface area contributed by atoms with Crippen LogP contribution in [0.5, 0.6) is 0 Å². The number of hydrogen-bond donors (Lipinski definition) is 1. The number of nitrogens with zero attached hydrogens (tertiary/aromatic N) is 2. The second-order valence-electron chi connectivity index (χ2n) is 5.94. The topological polar surface area (TPSA) is 43.8 Å². The van der Waals surface area contributed by atoms with Gasteiger partial charge in [0.15, 0.2) is 0 Å². The number of anilines is 1. The standard InChI is InChI=1S/C16H19BrClN3/c1-5-8-21-14(19)13(20-15(21)16(2,3)4)11-9-10(17)6-7-12(11)18/h5-7,9H,1,8,19H2,2-4H3. The number of rotatable bonds is 3. The summed E-state index contributed by atoms with van der Waals surface area (Å²) in [5.41, 5.74) is 7.75. The number of halogens is 2. The van der Waals surface area contributed by atoms with E-state index in [0.717, 1.165) is 15.9 Å². The summed E-state index contributed by atoms with van der Waals surface area (Å²) < 4.78 is 2.93. The van der Waals surface area contributed by atoms with E-state index in [1.165, 1.54) is 0 Å². The molecule has 1 heterocycles. The fourth-order valence-electron chi connectivity index (χ4n) is 2.23. The first-order chi connectivity index (χ1) is 9.75. The molecule has 1 aromatic carbocycles. The molecule has 0 saturated carbocycles. The lowest BCUT2D eigenvalue weighted by Crippen LogP contribution is -2.19. The van der Waals surface area contributed by atoms with Crippen molar-refractivity contribution in [2.75, 3.05) is 5.73 Å². The molecule has 2 rings (SSSR count). The molecule has 0 saturated heterocycles. The Bertz CT molecular complexity index is 684. The lowest BCUT2D eigenvalue weighted by atomic mass is 9.95. The van der Waals surface area contributed by atoms with E-state index in [1.807, 2.05) is 28.8 Å². The maximum absolute atomic E-state index is 6.32. The summed E-state index contributed by atoms with van der Waals surface area (Å²) in [5.74, 6) is 1.53. The van der Waals surface area contributed by atoms with Crippen molar-refractivity contribution in [2.45, 2.75) is 32.7 Å². The number of nitrogen functional groups attached to an aromatic ring is 1. The lowest BCUT2D eigenvalue weighted by Gasteiger charge is -2.19. The minimum absolute atomic E-state index is 0.117. The van der Waals surface area contributed by atoms with Gasteiger partial charge in [-0.3, -0.25) is 0 Å². The molecule has 0 fully saturated rings. The Morgan fingerprint density at radius 3 is 2.67 bits per heavy atom. The molecule has 0 aliphatic rings. The number of nitrogens with two attached hydrogens (primary N) is 1. The van der Waals surface area contributed by atoms with Crippen molar-refractivity contribution in [3.05, 3.63) is 46.2 Å². The summed E-state index contributed by atoms with van der Waals surface area (Å²) in [6.07, 6.45) is 1.82.